The van der Waals surface area contributed by atoms with E-state index in [1.807, 2.05) is 38.1 Å². The highest BCUT2D eigenvalue weighted by Gasteiger charge is 2.37. The van der Waals surface area contributed by atoms with Crippen molar-refractivity contribution in [2.75, 3.05) is 6.61 Å². The molecule has 0 saturated heterocycles. The predicted molar refractivity (Wildman–Crippen MR) is 125 cm³/mol. The number of benzene rings is 1. The van der Waals surface area contributed by atoms with Crippen molar-refractivity contribution in [3.05, 3.63) is 57.1 Å². The summed E-state index contributed by atoms with van der Waals surface area (Å²) in [4.78, 5) is 14.8. The van der Waals surface area contributed by atoms with Gasteiger partial charge in [-0.05, 0) is 51.2 Å². The van der Waals surface area contributed by atoms with Crippen molar-refractivity contribution in [2.24, 2.45) is 5.92 Å². The SMILES string of the molecule is Cc1ccc(-c2nc(CO[C@H]3CCC[C@@H](COc4cc(C(F)(F)F)sc4C(=O)[OH2+])C3)c(C)o2)cc1. The number of aromatic nitrogens is 1. The van der Waals surface area contributed by atoms with Gasteiger partial charge in [0.25, 0.3) is 0 Å². The zero-order valence-electron chi connectivity index (χ0n) is 19.4. The van der Waals surface area contributed by atoms with E-state index in [4.69, 9.17) is 19.0 Å². The summed E-state index contributed by atoms with van der Waals surface area (Å²) in [6, 6.07) is 8.72. The highest BCUT2D eigenvalue weighted by Crippen LogP contribution is 2.40. The Morgan fingerprint density at radius 3 is 2.66 bits per heavy atom. The lowest BCUT2D eigenvalue weighted by Crippen LogP contribution is -2.26. The Balaban J connectivity index is 1.33. The van der Waals surface area contributed by atoms with Gasteiger partial charge in [0.05, 0.1) is 19.3 Å². The third-order valence-corrected chi connectivity index (χ3v) is 7.20. The smallest absolute Gasteiger partial charge is 0.560 e. The van der Waals surface area contributed by atoms with Crippen LogP contribution in [0.4, 0.5) is 13.2 Å². The molecule has 6 nitrogen and oxygen atoms in total. The largest absolute Gasteiger partial charge is 0.563 e. The molecule has 1 aliphatic rings. The fraction of sp³-hybridized carbons (Fsp3) is 0.440. The Labute approximate surface area is 204 Å². The molecule has 1 fully saturated rings. The van der Waals surface area contributed by atoms with Crippen LogP contribution in [-0.2, 0) is 17.5 Å². The summed E-state index contributed by atoms with van der Waals surface area (Å²) in [6.07, 6.45) is -1.33. The van der Waals surface area contributed by atoms with Gasteiger partial charge in [-0.3, -0.25) is 0 Å². The van der Waals surface area contributed by atoms with Crippen LogP contribution in [0.15, 0.2) is 34.7 Å². The number of alkyl halides is 3. The maximum absolute atomic E-state index is 13.0. The van der Waals surface area contributed by atoms with E-state index in [1.54, 1.807) is 0 Å². The number of ether oxygens (including phenoxy) is 2. The molecule has 1 aromatic carbocycles. The average Bonchev–Trinajstić information content (AvgIpc) is 3.41. The number of oxazole rings is 1. The van der Waals surface area contributed by atoms with E-state index >= 15 is 0 Å². The molecule has 0 aliphatic heterocycles. The van der Waals surface area contributed by atoms with Crippen LogP contribution in [0, 0.1) is 19.8 Å². The summed E-state index contributed by atoms with van der Waals surface area (Å²) in [7, 11) is 0. The maximum Gasteiger partial charge on any atom is 0.563 e. The molecular formula is C25H27F3NO5S+. The summed E-state index contributed by atoms with van der Waals surface area (Å²) in [5, 5.41) is 7.24. The van der Waals surface area contributed by atoms with Gasteiger partial charge >= 0.3 is 12.1 Å². The quantitative estimate of drug-likeness (QED) is 0.344. The van der Waals surface area contributed by atoms with Gasteiger partial charge in [-0.1, -0.05) is 24.1 Å². The van der Waals surface area contributed by atoms with Gasteiger partial charge in [0, 0.05) is 16.4 Å². The molecule has 0 amide bonds. The van der Waals surface area contributed by atoms with Crippen molar-refractivity contribution in [2.45, 2.75) is 58.4 Å². The fourth-order valence-electron chi connectivity index (χ4n) is 4.11. The number of carbonyl (C=O) groups excluding carboxylic acids is 1. The number of thiophene rings is 1. The van der Waals surface area contributed by atoms with Crippen LogP contribution >= 0.6 is 11.3 Å². The van der Waals surface area contributed by atoms with Crippen LogP contribution in [-0.4, -0.2) is 28.8 Å². The van der Waals surface area contributed by atoms with Crippen LogP contribution in [0.25, 0.3) is 11.5 Å². The summed E-state index contributed by atoms with van der Waals surface area (Å²) in [5.41, 5.74) is 2.78. The highest BCUT2D eigenvalue weighted by molar-refractivity contribution is 7.14. The average molecular weight is 511 g/mol. The third kappa shape index (κ3) is 6.24. The van der Waals surface area contributed by atoms with E-state index in [1.165, 1.54) is 0 Å². The van der Waals surface area contributed by atoms with Crippen LogP contribution < -0.4 is 4.74 Å². The van der Waals surface area contributed by atoms with Gasteiger partial charge in [0.15, 0.2) is 5.75 Å². The van der Waals surface area contributed by atoms with Crippen molar-refractivity contribution in [1.29, 1.82) is 0 Å². The van der Waals surface area contributed by atoms with Crippen molar-refractivity contribution in [3.8, 4) is 17.2 Å². The summed E-state index contributed by atoms with van der Waals surface area (Å²) in [6.45, 7) is 4.33. The van der Waals surface area contributed by atoms with Crippen LogP contribution in [0.1, 0.15) is 57.2 Å². The normalized spacial score (nSPS) is 18.5. The maximum atomic E-state index is 13.0. The molecule has 10 heteroatoms. The van der Waals surface area contributed by atoms with Crippen LogP contribution in [0.5, 0.6) is 5.75 Å². The standard InChI is InChI=1S/C25H26F3NO5S/c1-14-6-8-17(9-7-14)23-29-19(15(2)34-23)13-32-18-5-3-4-16(10-18)12-33-20-11-21(25(26,27)28)35-22(20)24(30)31/h6-9,11,16,18H,3-5,10,12-13H2,1-2H3,(H,30,31)/p+1/t16-,18+/m1/s1. The molecule has 2 atom stereocenters. The molecule has 35 heavy (non-hydrogen) atoms. The zero-order valence-corrected chi connectivity index (χ0v) is 20.2. The van der Waals surface area contributed by atoms with E-state index in [0.717, 1.165) is 42.1 Å². The minimum absolute atomic E-state index is 0.0400. The van der Waals surface area contributed by atoms with E-state index in [-0.39, 0.29) is 40.6 Å². The minimum atomic E-state index is -4.58. The molecule has 2 aromatic heterocycles. The Morgan fingerprint density at radius 2 is 1.97 bits per heavy atom. The summed E-state index contributed by atoms with van der Waals surface area (Å²) < 4.78 is 56.5. The van der Waals surface area contributed by atoms with Gasteiger partial charge < -0.3 is 19.0 Å². The molecule has 0 bridgehead atoms. The first kappa shape index (κ1) is 25.2. The van der Waals surface area contributed by atoms with E-state index < -0.39 is 17.0 Å². The fourth-order valence-corrected chi connectivity index (χ4v) is 4.92. The lowest BCUT2D eigenvalue weighted by Gasteiger charge is -2.28. The third-order valence-electron chi connectivity index (χ3n) is 6.04. The predicted octanol–water partition coefficient (Wildman–Crippen LogP) is 6.06. The Kier molecular flexibility index (Phi) is 7.51. The molecule has 0 radical (unpaired) electrons. The Bertz CT molecular complexity index is 1170. The summed E-state index contributed by atoms with van der Waals surface area (Å²) in [5.74, 6) is -0.0460. The van der Waals surface area contributed by atoms with E-state index in [0.29, 0.717) is 24.7 Å². The van der Waals surface area contributed by atoms with Gasteiger partial charge in [0.2, 0.25) is 10.8 Å². The lowest BCUT2D eigenvalue weighted by atomic mass is 9.88. The topological polar surface area (TPSA) is 84.5 Å². The van der Waals surface area contributed by atoms with Gasteiger partial charge in [0.1, 0.15) is 16.3 Å². The Hall–Kier alpha value is -2.85. The number of carbonyl (C=O) groups is 1. The molecule has 3 aromatic rings. The number of nitrogens with zero attached hydrogens (tertiary/aromatic N) is 1. The van der Waals surface area contributed by atoms with Crippen molar-refractivity contribution >= 4 is 17.3 Å². The molecular weight excluding hydrogens is 483 g/mol. The second kappa shape index (κ2) is 10.4. The lowest BCUT2D eigenvalue weighted by molar-refractivity contribution is -0.134. The van der Waals surface area contributed by atoms with Gasteiger partial charge in [-0.25, -0.2) is 4.98 Å². The number of hydrogen-bond acceptors (Lipinski definition) is 6. The molecule has 0 spiro atoms. The van der Waals surface area contributed by atoms with Crippen LogP contribution in [0.2, 0.25) is 0 Å². The van der Waals surface area contributed by atoms with Gasteiger partial charge in [-0.15, -0.1) is 11.3 Å². The number of rotatable bonds is 8. The van der Waals surface area contributed by atoms with E-state index in [2.05, 4.69) is 4.98 Å². The second-order valence-corrected chi connectivity index (χ2v) is 9.85. The second-order valence-electron chi connectivity index (χ2n) is 8.80. The molecule has 2 N–H and O–H groups in total. The summed E-state index contributed by atoms with van der Waals surface area (Å²) >= 11 is 0.242. The zero-order chi connectivity index (χ0) is 25.2. The number of hydrogen-bond donors (Lipinski definition) is 0. The number of aryl methyl sites for hydroxylation is 2. The highest BCUT2D eigenvalue weighted by atomic mass is 32.1. The molecule has 1 aliphatic carbocycles. The first-order chi connectivity index (χ1) is 16.6. The van der Waals surface area contributed by atoms with Crippen molar-refractivity contribution in [3.63, 3.8) is 0 Å². The van der Waals surface area contributed by atoms with Crippen molar-refractivity contribution in [1.82, 2.24) is 4.98 Å². The van der Waals surface area contributed by atoms with E-state index in [9.17, 15) is 18.0 Å². The number of halogens is 3. The first-order valence-corrected chi connectivity index (χ1v) is 12.2. The van der Waals surface area contributed by atoms with Gasteiger partial charge in [-0.2, -0.15) is 13.2 Å². The minimum Gasteiger partial charge on any atom is -0.560 e. The monoisotopic (exact) mass is 510 g/mol. The first-order valence-electron chi connectivity index (χ1n) is 11.3. The Morgan fingerprint density at radius 1 is 1.23 bits per heavy atom. The van der Waals surface area contributed by atoms with Crippen LogP contribution in [0.3, 0.4) is 0 Å². The molecule has 188 valence electrons. The molecule has 2 heterocycles. The molecule has 1 saturated carbocycles. The molecule has 4 rings (SSSR count). The molecule has 0 unspecified atom stereocenters. The van der Waals surface area contributed by atoms with Crippen molar-refractivity contribution < 1.29 is 37.0 Å².